The van der Waals surface area contributed by atoms with E-state index in [9.17, 15) is 9.59 Å². The fourth-order valence-corrected chi connectivity index (χ4v) is 4.56. The molecule has 1 fully saturated rings. The third-order valence-electron chi connectivity index (χ3n) is 7.41. The van der Waals surface area contributed by atoms with E-state index in [0.29, 0.717) is 27.4 Å². The fourth-order valence-electron chi connectivity index (χ4n) is 4.56. The van der Waals surface area contributed by atoms with Crippen molar-refractivity contribution in [3.8, 4) is 0 Å². The van der Waals surface area contributed by atoms with Crippen molar-refractivity contribution in [1.29, 1.82) is 0 Å². The molecule has 1 aromatic heterocycles. The van der Waals surface area contributed by atoms with Crippen LogP contribution in [0.2, 0.25) is 0 Å². The molecule has 1 atom stereocenters. The second-order valence-electron chi connectivity index (χ2n) is 10.5. The van der Waals surface area contributed by atoms with Crippen LogP contribution in [0, 0.1) is 0 Å². The van der Waals surface area contributed by atoms with Crippen molar-refractivity contribution in [2.45, 2.75) is 51.4 Å². The van der Waals surface area contributed by atoms with Crippen molar-refractivity contribution in [3.63, 3.8) is 0 Å². The molecule has 0 aliphatic carbocycles. The number of hydrogen-bond donors (Lipinski definition) is 2. The molecule has 0 spiro atoms. The van der Waals surface area contributed by atoms with Crippen LogP contribution in [0.15, 0.2) is 72.8 Å². The number of carbonyl (C=O) groups excluding carboxylic acids is 2. The van der Waals surface area contributed by atoms with Gasteiger partial charge in [-0.3, -0.25) is 9.59 Å². The number of primary amides is 1. The van der Waals surface area contributed by atoms with Crippen LogP contribution in [0.1, 0.15) is 43.6 Å². The largest absolute Gasteiger partial charge is 0.494 e. The Hall–Kier alpha value is -3.75. The maximum absolute atomic E-state index is 13.5. The first-order valence-electron chi connectivity index (χ1n) is 12.4. The van der Waals surface area contributed by atoms with Crippen LogP contribution in [-0.4, -0.2) is 41.2 Å². The van der Waals surface area contributed by atoms with Gasteiger partial charge >= 0.3 is 7.12 Å². The Bertz CT molecular complexity index is 1430. The zero-order valence-electron chi connectivity index (χ0n) is 21.4. The molecule has 188 valence electrons. The standard InChI is InChI=1S/C29H30BN3O4/c1-28(2)29(3,4)37-30(36-28)19-15-13-18(14-16-19)17-24(26(31)34)33-27(35)25-20-9-5-7-11-22(20)32-23-12-8-6-10-21(23)25/h5-16,24H,17H2,1-4H3,(H2,31,34)(H,33,35)/t24-/m1/s1. The van der Waals surface area contributed by atoms with Gasteiger partial charge in [0.2, 0.25) is 5.91 Å². The van der Waals surface area contributed by atoms with E-state index in [4.69, 9.17) is 15.0 Å². The molecule has 3 N–H and O–H groups in total. The van der Waals surface area contributed by atoms with Crippen LogP contribution in [0.4, 0.5) is 0 Å². The Morgan fingerprint density at radius 1 is 0.865 bits per heavy atom. The molecule has 4 aromatic rings. The Labute approximate surface area is 216 Å². The minimum Gasteiger partial charge on any atom is -0.399 e. The summed E-state index contributed by atoms with van der Waals surface area (Å²) in [6, 6.07) is 21.7. The second-order valence-corrected chi connectivity index (χ2v) is 10.5. The topological polar surface area (TPSA) is 104 Å². The first-order chi connectivity index (χ1) is 17.6. The second kappa shape index (κ2) is 9.28. The number of nitrogens with two attached hydrogens (primary N) is 1. The summed E-state index contributed by atoms with van der Waals surface area (Å²) in [7, 11) is -0.473. The van der Waals surface area contributed by atoms with E-state index in [1.54, 1.807) is 0 Å². The highest BCUT2D eigenvalue weighted by Crippen LogP contribution is 2.36. The summed E-state index contributed by atoms with van der Waals surface area (Å²) < 4.78 is 12.2. The molecule has 1 aliphatic rings. The molecular formula is C29H30BN3O4. The van der Waals surface area contributed by atoms with E-state index in [-0.39, 0.29) is 12.3 Å². The smallest absolute Gasteiger partial charge is 0.399 e. The number of amides is 2. The van der Waals surface area contributed by atoms with Gasteiger partial charge in [0.25, 0.3) is 5.91 Å². The molecule has 1 saturated heterocycles. The van der Waals surface area contributed by atoms with Crippen LogP contribution in [0.5, 0.6) is 0 Å². The van der Waals surface area contributed by atoms with Gasteiger partial charge in [-0.15, -0.1) is 0 Å². The lowest BCUT2D eigenvalue weighted by atomic mass is 9.78. The lowest BCUT2D eigenvalue weighted by Gasteiger charge is -2.32. The zero-order chi connectivity index (χ0) is 26.4. The first-order valence-corrected chi connectivity index (χ1v) is 12.4. The maximum atomic E-state index is 13.5. The Balaban J connectivity index is 1.38. The van der Waals surface area contributed by atoms with E-state index in [0.717, 1.165) is 11.0 Å². The molecule has 0 unspecified atom stereocenters. The minimum atomic E-state index is -0.888. The normalized spacial score (nSPS) is 17.1. The van der Waals surface area contributed by atoms with Crippen molar-refractivity contribution in [2.24, 2.45) is 5.73 Å². The van der Waals surface area contributed by atoms with Crippen LogP contribution < -0.4 is 16.5 Å². The van der Waals surface area contributed by atoms with Crippen molar-refractivity contribution in [1.82, 2.24) is 10.3 Å². The molecule has 1 aliphatic heterocycles. The molecule has 0 saturated carbocycles. The van der Waals surface area contributed by atoms with Gasteiger partial charge in [0.1, 0.15) is 6.04 Å². The highest BCUT2D eigenvalue weighted by atomic mass is 16.7. The van der Waals surface area contributed by atoms with Crippen LogP contribution in [-0.2, 0) is 20.5 Å². The third kappa shape index (κ3) is 4.70. The number of benzene rings is 3. The predicted octanol–water partition coefficient (Wildman–Crippen LogP) is 3.51. The molecule has 7 nitrogen and oxygen atoms in total. The van der Waals surface area contributed by atoms with Gasteiger partial charge in [0.15, 0.2) is 0 Å². The molecule has 8 heteroatoms. The first kappa shape index (κ1) is 24.9. The number of hydrogen-bond acceptors (Lipinski definition) is 5. The van der Waals surface area contributed by atoms with Gasteiger partial charge < -0.3 is 20.4 Å². The number of carbonyl (C=O) groups is 2. The summed E-state index contributed by atoms with van der Waals surface area (Å²) in [5.41, 5.74) is 8.49. The van der Waals surface area contributed by atoms with Crippen molar-refractivity contribution in [3.05, 3.63) is 83.9 Å². The van der Waals surface area contributed by atoms with E-state index >= 15 is 0 Å². The molecular weight excluding hydrogens is 465 g/mol. The summed E-state index contributed by atoms with van der Waals surface area (Å²) >= 11 is 0. The molecule has 0 bridgehead atoms. The number of nitrogens with zero attached hydrogens (tertiary/aromatic N) is 1. The third-order valence-corrected chi connectivity index (χ3v) is 7.41. The lowest BCUT2D eigenvalue weighted by Crippen LogP contribution is -2.46. The van der Waals surface area contributed by atoms with Gasteiger partial charge in [0, 0.05) is 17.2 Å². The van der Waals surface area contributed by atoms with Crippen molar-refractivity contribution >= 4 is 46.2 Å². The van der Waals surface area contributed by atoms with Gasteiger partial charge in [-0.25, -0.2) is 4.98 Å². The highest BCUT2D eigenvalue weighted by molar-refractivity contribution is 6.62. The van der Waals surface area contributed by atoms with Gasteiger partial charge in [-0.2, -0.15) is 0 Å². The quantitative estimate of drug-likeness (QED) is 0.315. The molecule has 3 aromatic carbocycles. The number of fused-ring (bicyclic) bond motifs is 2. The average Bonchev–Trinajstić information content (AvgIpc) is 3.08. The van der Waals surface area contributed by atoms with Crippen LogP contribution >= 0.6 is 0 Å². The number of rotatable bonds is 6. The number of para-hydroxylation sites is 2. The lowest BCUT2D eigenvalue weighted by molar-refractivity contribution is -0.119. The van der Waals surface area contributed by atoms with Gasteiger partial charge in [0.05, 0.1) is 27.8 Å². The Kier molecular flexibility index (Phi) is 6.26. The van der Waals surface area contributed by atoms with E-state index in [1.807, 2.05) is 100 Å². The van der Waals surface area contributed by atoms with Crippen molar-refractivity contribution < 1.29 is 18.9 Å². The Morgan fingerprint density at radius 2 is 1.38 bits per heavy atom. The molecule has 2 heterocycles. The average molecular weight is 495 g/mol. The van der Waals surface area contributed by atoms with E-state index in [1.165, 1.54) is 0 Å². The van der Waals surface area contributed by atoms with E-state index in [2.05, 4.69) is 10.3 Å². The summed E-state index contributed by atoms with van der Waals surface area (Å²) in [4.78, 5) is 30.6. The number of nitrogens with one attached hydrogen (secondary N) is 1. The van der Waals surface area contributed by atoms with E-state index < -0.39 is 30.3 Å². The zero-order valence-corrected chi connectivity index (χ0v) is 21.4. The molecule has 0 radical (unpaired) electrons. The SMILES string of the molecule is CC1(C)OB(c2ccc(C[C@@H](NC(=O)c3c4ccccc4nc4ccccc34)C(N)=O)cc2)OC1(C)C. The highest BCUT2D eigenvalue weighted by Gasteiger charge is 2.51. The van der Waals surface area contributed by atoms with Gasteiger partial charge in [-0.05, 0) is 50.9 Å². The number of aromatic nitrogens is 1. The van der Waals surface area contributed by atoms with Crippen LogP contribution in [0.3, 0.4) is 0 Å². The fraction of sp³-hybridized carbons (Fsp3) is 0.276. The molecule has 5 rings (SSSR count). The van der Waals surface area contributed by atoms with Crippen LogP contribution in [0.25, 0.3) is 21.8 Å². The summed E-state index contributed by atoms with van der Waals surface area (Å²) in [5, 5.41) is 4.30. The summed E-state index contributed by atoms with van der Waals surface area (Å²) in [5.74, 6) is -0.974. The number of pyridine rings is 1. The maximum Gasteiger partial charge on any atom is 0.494 e. The predicted molar refractivity (Wildman–Crippen MR) is 146 cm³/mol. The summed E-state index contributed by atoms with van der Waals surface area (Å²) in [6.45, 7) is 8.04. The summed E-state index contributed by atoms with van der Waals surface area (Å²) in [6.07, 6.45) is 0.256. The molecule has 2 amide bonds. The van der Waals surface area contributed by atoms with Crippen molar-refractivity contribution in [2.75, 3.05) is 0 Å². The minimum absolute atomic E-state index is 0.256. The Morgan fingerprint density at radius 3 is 1.89 bits per heavy atom. The monoisotopic (exact) mass is 495 g/mol. The van der Waals surface area contributed by atoms with Gasteiger partial charge in [-0.1, -0.05) is 60.7 Å². The molecule has 37 heavy (non-hydrogen) atoms.